The number of carbonyl (C=O) groups excluding carboxylic acids is 1. The van der Waals surface area contributed by atoms with Gasteiger partial charge >= 0.3 is 6.03 Å². The van der Waals surface area contributed by atoms with Crippen molar-refractivity contribution in [1.29, 1.82) is 0 Å². The standard InChI is InChI=1S/C22H18Cl2N6O/c23-16-4-1-15(18(24)11-16)13-26-21-12-19(28-20-7-8-27-30(20)21)14-2-5-17(6-3-14)29-10-9-25-22(29)31/h1-8,11-12,26H,9-10,13H2,(H,25,31). The molecule has 1 fully saturated rings. The van der Waals surface area contributed by atoms with Gasteiger partial charge in [-0.15, -0.1) is 0 Å². The topological polar surface area (TPSA) is 74.6 Å². The molecule has 4 aromatic rings. The molecule has 5 rings (SSSR count). The molecule has 0 unspecified atom stereocenters. The second-order valence-corrected chi connectivity index (χ2v) is 7.99. The molecule has 7 nitrogen and oxygen atoms in total. The quantitative estimate of drug-likeness (QED) is 0.453. The van der Waals surface area contributed by atoms with Crippen LogP contribution in [0.25, 0.3) is 16.9 Å². The Labute approximate surface area is 188 Å². The molecule has 31 heavy (non-hydrogen) atoms. The summed E-state index contributed by atoms with van der Waals surface area (Å²) in [4.78, 5) is 18.3. The Kier molecular flexibility index (Phi) is 5.13. The van der Waals surface area contributed by atoms with Crippen molar-refractivity contribution in [2.24, 2.45) is 0 Å². The number of nitrogens with one attached hydrogen (secondary N) is 2. The first-order chi connectivity index (χ1) is 15.1. The second-order valence-electron chi connectivity index (χ2n) is 7.15. The highest BCUT2D eigenvalue weighted by Gasteiger charge is 2.21. The van der Waals surface area contributed by atoms with Crippen molar-refractivity contribution in [3.8, 4) is 11.3 Å². The number of aromatic nitrogens is 3. The lowest BCUT2D eigenvalue weighted by Crippen LogP contribution is -2.27. The van der Waals surface area contributed by atoms with Crippen LogP contribution in [-0.2, 0) is 6.54 Å². The maximum atomic E-state index is 11.9. The molecule has 0 bridgehead atoms. The number of rotatable bonds is 5. The molecule has 2 aromatic carbocycles. The predicted octanol–water partition coefficient (Wildman–Crippen LogP) is 4.84. The van der Waals surface area contributed by atoms with Crippen molar-refractivity contribution < 1.29 is 4.79 Å². The zero-order valence-electron chi connectivity index (χ0n) is 16.3. The van der Waals surface area contributed by atoms with Crippen molar-refractivity contribution in [2.75, 3.05) is 23.3 Å². The number of hydrogen-bond acceptors (Lipinski definition) is 4. The highest BCUT2D eigenvalue weighted by molar-refractivity contribution is 6.35. The van der Waals surface area contributed by atoms with Crippen molar-refractivity contribution >= 4 is 46.4 Å². The third-order valence-electron chi connectivity index (χ3n) is 5.17. The van der Waals surface area contributed by atoms with Gasteiger partial charge in [0.25, 0.3) is 0 Å². The maximum Gasteiger partial charge on any atom is 0.321 e. The lowest BCUT2D eigenvalue weighted by atomic mass is 10.1. The Morgan fingerprint density at radius 1 is 1.06 bits per heavy atom. The Morgan fingerprint density at radius 2 is 1.90 bits per heavy atom. The lowest BCUT2D eigenvalue weighted by molar-refractivity contribution is 0.252. The van der Waals surface area contributed by atoms with Crippen LogP contribution in [-0.4, -0.2) is 33.7 Å². The van der Waals surface area contributed by atoms with Gasteiger partial charge in [-0.2, -0.15) is 9.61 Å². The number of anilines is 2. The summed E-state index contributed by atoms with van der Waals surface area (Å²) in [6.45, 7) is 1.84. The van der Waals surface area contributed by atoms with Crippen LogP contribution in [0.4, 0.5) is 16.3 Å². The summed E-state index contributed by atoms with van der Waals surface area (Å²) in [6, 6.07) is 17.0. The summed E-state index contributed by atoms with van der Waals surface area (Å²) in [5.74, 6) is 0.791. The van der Waals surface area contributed by atoms with Crippen molar-refractivity contribution in [3.63, 3.8) is 0 Å². The minimum absolute atomic E-state index is 0.0705. The largest absolute Gasteiger partial charge is 0.366 e. The first kappa shape index (κ1) is 19.7. The summed E-state index contributed by atoms with van der Waals surface area (Å²) >= 11 is 12.3. The van der Waals surface area contributed by atoms with Crippen LogP contribution in [0, 0.1) is 0 Å². The molecule has 2 aromatic heterocycles. The highest BCUT2D eigenvalue weighted by Crippen LogP contribution is 2.27. The maximum absolute atomic E-state index is 11.9. The molecule has 1 aliphatic heterocycles. The smallest absolute Gasteiger partial charge is 0.321 e. The molecule has 156 valence electrons. The van der Waals surface area contributed by atoms with Crippen LogP contribution in [0.3, 0.4) is 0 Å². The molecule has 1 aliphatic rings. The average molecular weight is 453 g/mol. The highest BCUT2D eigenvalue weighted by atomic mass is 35.5. The SMILES string of the molecule is O=C1NCCN1c1ccc(-c2cc(NCc3ccc(Cl)cc3Cl)n3nccc3n2)cc1. The van der Waals surface area contributed by atoms with Gasteiger partial charge in [-0.3, -0.25) is 4.90 Å². The number of carbonyl (C=O) groups is 1. The van der Waals surface area contributed by atoms with Crippen LogP contribution >= 0.6 is 23.2 Å². The van der Waals surface area contributed by atoms with E-state index in [1.165, 1.54) is 0 Å². The van der Waals surface area contributed by atoms with Gasteiger partial charge in [-0.1, -0.05) is 41.4 Å². The monoisotopic (exact) mass is 452 g/mol. The van der Waals surface area contributed by atoms with E-state index in [1.54, 1.807) is 21.7 Å². The minimum Gasteiger partial charge on any atom is -0.366 e. The van der Waals surface area contributed by atoms with Gasteiger partial charge in [-0.25, -0.2) is 9.78 Å². The predicted molar refractivity (Wildman–Crippen MR) is 123 cm³/mol. The Balaban J connectivity index is 1.44. The van der Waals surface area contributed by atoms with E-state index in [9.17, 15) is 4.79 Å². The van der Waals surface area contributed by atoms with Crippen LogP contribution in [0.1, 0.15) is 5.56 Å². The fraction of sp³-hybridized carbons (Fsp3) is 0.136. The van der Waals surface area contributed by atoms with Gasteiger partial charge in [0.15, 0.2) is 5.65 Å². The van der Waals surface area contributed by atoms with Crippen molar-refractivity contribution in [1.82, 2.24) is 19.9 Å². The molecular weight excluding hydrogens is 435 g/mol. The molecule has 3 heterocycles. The van der Waals surface area contributed by atoms with E-state index in [2.05, 4.69) is 15.7 Å². The third kappa shape index (κ3) is 3.89. The fourth-order valence-electron chi connectivity index (χ4n) is 3.57. The van der Waals surface area contributed by atoms with Gasteiger partial charge < -0.3 is 10.6 Å². The Bertz CT molecular complexity index is 1270. The summed E-state index contributed by atoms with van der Waals surface area (Å²) < 4.78 is 1.75. The van der Waals surface area contributed by atoms with Gasteiger partial charge in [-0.05, 0) is 29.8 Å². The van der Waals surface area contributed by atoms with E-state index in [-0.39, 0.29) is 6.03 Å². The lowest BCUT2D eigenvalue weighted by Gasteiger charge is -2.15. The summed E-state index contributed by atoms with van der Waals surface area (Å²) in [5.41, 5.74) is 4.26. The van der Waals surface area contributed by atoms with Crippen LogP contribution in [0.2, 0.25) is 10.0 Å². The molecule has 2 amide bonds. The number of hydrogen-bond donors (Lipinski definition) is 2. The number of amides is 2. The van der Waals surface area contributed by atoms with E-state index in [0.29, 0.717) is 29.7 Å². The first-order valence-electron chi connectivity index (χ1n) is 9.77. The Hall–Kier alpha value is -3.29. The van der Waals surface area contributed by atoms with Crippen LogP contribution in [0.15, 0.2) is 60.8 Å². The third-order valence-corrected chi connectivity index (χ3v) is 5.75. The summed E-state index contributed by atoms with van der Waals surface area (Å²) in [6.07, 6.45) is 1.71. The van der Waals surface area contributed by atoms with Gasteiger partial charge in [0, 0.05) is 53.1 Å². The van der Waals surface area contributed by atoms with Crippen molar-refractivity contribution in [3.05, 3.63) is 76.4 Å². The zero-order chi connectivity index (χ0) is 21.4. The fourth-order valence-corrected chi connectivity index (χ4v) is 4.04. The number of halogens is 2. The molecule has 2 N–H and O–H groups in total. The Morgan fingerprint density at radius 3 is 2.65 bits per heavy atom. The molecule has 0 spiro atoms. The van der Waals surface area contributed by atoms with Gasteiger partial charge in [0.05, 0.1) is 11.9 Å². The molecule has 1 saturated heterocycles. The second kappa shape index (κ2) is 8.09. The molecule has 0 aliphatic carbocycles. The van der Waals surface area contributed by atoms with E-state index in [1.807, 2.05) is 48.5 Å². The molecule has 9 heteroatoms. The van der Waals surface area contributed by atoms with Crippen molar-refractivity contribution in [2.45, 2.75) is 6.54 Å². The first-order valence-corrected chi connectivity index (χ1v) is 10.5. The normalized spacial score (nSPS) is 13.6. The van der Waals surface area contributed by atoms with Gasteiger partial charge in [0.1, 0.15) is 5.82 Å². The van der Waals surface area contributed by atoms with Crippen LogP contribution < -0.4 is 15.5 Å². The number of nitrogens with zero attached hydrogens (tertiary/aromatic N) is 4. The number of fused-ring (bicyclic) bond motifs is 1. The molecular formula is C22H18Cl2N6O. The summed E-state index contributed by atoms with van der Waals surface area (Å²) in [5, 5.41) is 11.8. The van der Waals surface area contributed by atoms with Gasteiger partial charge in [0.2, 0.25) is 0 Å². The number of benzene rings is 2. The average Bonchev–Trinajstić information content (AvgIpc) is 3.42. The van der Waals surface area contributed by atoms with E-state index in [0.717, 1.165) is 34.0 Å². The minimum atomic E-state index is -0.0705. The molecule has 0 atom stereocenters. The van der Waals surface area contributed by atoms with E-state index < -0.39 is 0 Å². The van der Waals surface area contributed by atoms with E-state index in [4.69, 9.17) is 28.2 Å². The van der Waals surface area contributed by atoms with Crippen LogP contribution in [0.5, 0.6) is 0 Å². The van der Waals surface area contributed by atoms with E-state index >= 15 is 0 Å². The molecule has 0 saturated carbocycles. The summed E-state index contributed by atoms with van der Waals surface area (Å²) in [7, 11) is 0. The molecule has 0 radical (unpaired) electrons. The number of urea groups is 1. The zero-order valence-corrected chi connectivity index (χ0v) is 17.9.